The molecule has 1 aromatic rings. The van der Waals surface area contributed by atoms with Crippen molar-refractivity contribution >= 4 is 5.57 Å². The minimum atomic E-state index is 0.0838. The predicted molar refractivity (Wildman–Crippen MR) is 62.1 cm³/mol. The van der Waals surface area contributed by atoms with Crippen LogP contribution in [0.1, 0.15) is 38.7 Å². The standard InChI is InChI=1S/C14H17F/c1-14(2)9-8-13(15)12(10-14)11-6-4-3-5-7-11/h3-7H,8-10H2,1-2H3. The molecule has 15 heavy (non-hydrogen) atoms. The van der Waals surface area contributed by atoms with E-state index in [1.807, 2.05) is 30.3 Å². The second kappa shape index (κ2) is 3.80. The van der Waals surface area contributed by atoms with Crippen LogP contribution in [0.3, 0.4) is 0 Å². The summed E-state index contributed by atoms with van der Waals surface area (Å²) in [5.41, 5.74) is 2.19. The molecule has 1 aliphatic rings. The number of rotatable bonds is 1. The summed E-state index contributed by atoms with van der Waals surface area (Å²) < 4.78 is 13.8. The van der Waals surface area contributed by atoms with Crippen molar-refractivity contribution in [1.29, 1.82) is 0 Å². The van der Waals surface area contributed by atoms with Crippen molar-refractivity contribution in [2.24, 2.45) is 5.41 Å². The van der Waals surface area contributed by atoms with Gasteiger partial charge in [-0.2, -0.15) is 0 Å². The van der Waals surface area contributed by atoms with Crippen molar-refractivity contribution in [2.45, 2.75) is 33.1 Å². The first-order valence-electron chi connectivity index (χ1n) is 5.51. The maximum atomic E-state index is 13.8. The summed E-state index contributed by atoms with van der Waals surface area (Å²) >= 11 is 0. The van der Waals surface area contributed by atoms with Gasteiger partial charge in [0.05, 0.1) is 0 Å². The lowest BCUT2D eigenvalue weighted by Crippen LogP contribution is -2.16. The average Bonchev–Trinajstić information content (AvgIpc) is 2.23. The van der Waals surface area contributed by atoms with Gasteiger partial charge in [0.25, 0.3) is 0 Å². The molecule has 1 aromatic carbocycles. The van der Waals surface area contributed by atoms with Crippen LogP contribution in [0.15, 0.2) is 36.2 Å². The van der Waals surface area contributed by atoms with Crippen LogP contribution in [-0.2, 0) is 0 Å². The molecule has 80 valence electrons. The lowest BCUT2D eigenvalue weighted by atomic mass is 9.75. The molecular formula is C14H17F. The van der Waals surface area contributed by atoms with E-state index in [0.717, 1.165) is 24.0 Å². The largest absolute Gasteiger partial charge is 0.212 e. The number of halogens is 1. The van der Waals surface area contributed by atoms with Gasteiger partial charge in [-0.05, 0) is 35.8 Å². The molecule has 0 unspecified atom stereocenters. The van der Waals surface area contributed by atoms with E-state index >= 15 is 0 Å². The smallest absolute Gasteiger partial charge is 0.104 e. The molecule has 0 radical (unpaired) electrons. The summed E-state index contributed by atoms with van der Waals surface area (Å²) in [7, 11) is 0. The summed E-state index contributed by atoms with van der Waals surface area (Å²) in [5, 5.41) is 0. The Morgan fingerprint density at radius 3 is 2.47 bits per heavy atom. The molecule has 0 saturated carbocycles. The van der Waals surface area contributed by atoms with Gasteiger partial charge in [-0.1, -0.05) is 44.2 Å². The Kier molecular flexibility index (Phi) is 2.64. The summed E-state index contributed by atoms with van der Waals surface area (Å²) in [6.07, 6.45) is 2.40. The quantitative estimate of drug-likeness (QED) is 0.628. The summed E-state index contributed by atoms with van der Waals surface area (Å²) in [5.74, 6) is 0.0838. The molecular weight excluding hydrogens is 187 g/mol. The minimum Gasteiger partial charge on any atom is -0.212 e. The maximum absolute atomic E-state index is 13.8. The van der Waals surface area contributed by atoms with Gasteiger partial charge in [-0.3, -0.25) is 0 Å². The van der Waals surface area contributed by atoms with Crippen LogP contribution < -0.4 is 0 Å². The molecule has 0 bridgehead atoms. The van der Waals surface area contributed by atoms with Crippen molar-refractivity contribution in [3.05, 3.63) is 41.7 Å². The van der Waals surface area contributed by atoms with E-state index in [1.54, 1.807) is 0 Å². The fraction of sp³-hybridized carbons (Fsp3) is 0.429. The summed E-state index contributed by atoms with van der Waals surface area (Å²) in [6, 6.07) is 9.90. The van der Waals surface area contributed by atoms with Crippen LogP contribution in [0.25, 0.3) is 5.57 Å². The second-order valence-corrected chi connectivity index (χ2v) is 5.09. The van der Waals surface area contributed by atoms with E-state index in [9.17, 15) is 4.39 Å². The molecule has 0 N–H and O–H groups in total. The van der Waals surface area contributed by atoms with E-state index in [0.29, 0.717) is 6.42 Å². The molecule has 0 spiro atoms. The molecule has 0 fully saturated rings. The fourth-order valence-electron chi connectivity index (χ4n) is 2.16. The Bertz CT molecular complexity index is 374. The molecule has 0 aromatic heterocycles. The fourth-order valence-corrected chi connectivity index (χ4v) is 2.16. The van der Waals surface area contributed by atoms with Gasteiger partial charge < -0.3 is 0 Å². The molecule has 1 heteroatoms. The number of allylic oxidation sites excluding steroid dienone is 2. The number of hydrogen-bond donors (Lipinski definition) is 0. The monoisotopic (exact) mass is 204 g/mol. The lowest BCUT2D eigenvalue weighted by Gasteiger charge is -2.30. The Balaban J connectivity index is 2.36. The first-order valence-corrected chi connectivity index (χ1v) is 5.51. The van der Waals surface area contributed by atoms with Gasteiger partial charge in [0.15, 0.2) is 0 Å². The third-order valence-corrected chi connectivity index (χ3v) is 3.13. The van der Waals surface area contributed by atoms with Gasteiger partial charge in [-0.15, -0.1) is 0 Å². The average molecular weight is 204 g/mol. The molecule has 2 rings (SSSR count). The molecule has 0 nitrogen and oxygen atoms in total. The topological polar surface area (TPSA) is 0 Å². The van der Waals surface area contributed by atoms with E-state index < -0.39 is 0 Å². The first kappa shape index (κ1) is 10.4. The molecule has 0 heterocycles. The van der Waals surface area contributed by atoms with Crippen LogP contribution in [0.5, 0.6) is 0 Å². The maximum Gasteiger partial charge on any atom is 0.104 e. The van der Waals surface area contributed by atoms with E-state index in [1.165, 1.54) is 0 Å². The van der Waals surface area contributed by atoms with Gasteiger partial charge in [-0.25, -0.2) is 4.39 Å². The van der Waals surface area contributed by atoms with Gasteiger partial charge in [0, 0.05) is 0 Å². The summed E-state index contributed by atoms with van der Waals surface area (Å²) in [4.78, 5) is 0. The SMILES string of the molecule is CC1(C)CCC(F)=C(c2ccccc2)C1. The highest BCUT2D eigenvalue weighted by Gasteiger charge is 2.27. The third-order valence-electron chi connectivity index (χ3n) is 3.13. The zero-order valence-electron chi connectivity index (χ0n) is 9.39. The molecule has 0 saturated heterocycles. The van der Waals surface area contributed by atoms with Gasteiger partial charge in [0.1, 0.15) is 5.83 Å². The van der Waals surface area contributed by atoms with Crippen molar-refractivity contribution in [2.75, 3.05) is 0 Å². The van der Waals surface area contributed by atoms with Crippen LogP contribution >= 0.6 is 0 Å². The third kappa shape index (κ3) is 2.28. The van der Waals surface area contributed by atoms with Crippen molar-refractivity contribution < 1.29 is 4.39 Å². The number of hydrogen-bond acceptors (Lipinski definition) is 0. The highest BCUT2D eigenvalue weighted by atomic mass is 19.1. The van der Waals surface area contributed by atoms with E-state index in [-0.39, 0.29) is 11.2 Å². The molecule has 0 amide bonds. The second-order valence-electron chi connectivity index (χ2n) is 5.09. The number of benzene rings is 1. The zero-order valence-corrected chi connectivity index (χ0v) is 9.39. The molecule has 0 atom stereocenters. The predicted octanol–water partition coefficient (Wildman–Crippen LogP) is 4.58. The van der Waals surface area contributed by atoms with E-state index in [2.05, 4.69) is 13.8 Å². The van der Waals surface area contributed by atoms with Crippen LogP contribution in [-0.4, -0.2) is 0 Å². The molecule has 1 aliphatic carbocycles. The van der Waals surface area contributed by atoms with Crippen molar-refractivity contribution in [3.63, 3.8) is 0 Å². The lowest BCUT2D eigenvalue weighted by molar-refractivity contribution is 0.313. The zero-order chi connectivity index (χ0) is 10.9. The van der Waals surface area contributed by atoms with Gasteiger partial charge in [0.2, 0.25) is 0 Å². The van der Waals surface area contributed by atoms with E-state index in [4.69, 9.17) is 0 Å². The van der Waals surface area contributed by atoms with Crippen molar-refractivity contribution in [3.8, 4) is 0 Å². The Hall–Kier alpha value is -1.11. The Morgan fingerprint density at radius 2 is 1.80 bits per heavy atom. The Morgan fingerprint density at radius 1 is 1.13 bits per heavy atom. The van der Waals surface area contributed by atoms with Crippen molar-refractivity contribution in [1.82, 2.24) is 0 Å². The molecule has 0 aliphatic heterocycles. The van der Waals surface area contributed by atoms with Gasteiger partial charge >= 0.3 is 0 Å². The summed E-state index contributed by atoms with van der Waals surface area (Å²) in [6.45, 7) is 4.42. The van der Waals surface area contributed by atoms with Crippen LogP contribution in [0.2, 0.25) is 0 Å². The normalized spacial score (nSPS) is 20.5. The highest BCUT2D eigenvalue weighted by molar-refractivity contribution is 5.68. The highest BCUT2D eigenvalue weighted by Crippen LogP contribution is 2.43. The minimum absolute atomic E-state index is 0.0838. The van der Waals surface area contributed by atoms with Crippen LogP contribution in [0.4, 0.5) is 4.39 Å². The Labute approximate surface area is 90.8 Å². The van der Waals surface area contributed by atoms with Crippen LogP contribution in [0, 0.1) is 5.41 Å². The first-order chi connectivity index (χ1) is 7.08.